The quantitative estimate of drug-likeness (QED) is 0.741. The van der Waals surface area contributed by atoms with Crippen LogP contribution in [0.2, 0.25) is 0 Å². The molecular formula is C12H14N2O2. The zero-order valence-electron chi connectivity index (χ0n) is 8.97. The second-order valence-electron chi connectivity index (χ2n) is 3.19. The number of rotatable bonds is 6. The molecule has 16 heavy (non-hydrogen) atoms. The molecule has 0 aliphatic carbocycles. The van der Waals surface area contributed by atoms with Crippen LogP contribution in [-0.4, -0.2) is 29.1 Å². The molecule has 1 aromatic rings. The Labute approximate surface area is 94.5 Å². The van der Waals surface area contributed by atoms with Crippen molar-refractivity contribution in [3.63, 3.8) is 0 Å². The number of carboxylic acids is 1. The lowest BCUT2D eigenvalue weighted by Gasteiger charge is -2.21. The van der Waals surface area contributed by atoms with Crippen molar-refractivity contribution < 1.29 is 9.90 Å². The van der Waals surface area contributed by atoms with Crippen LogP contribution < -0.4 is 4.90 Å². The third-order valence-corrected chi connectivity index (χ3v) is 2.03. The first-order chi connectivity index (χ1) is 7.69. The van der Waals surface area contributed by atoms with Crippen molar-refractivity contribution in [1.82, 2.24) is 4.98 Å². The van der Waals surface area contributed by atoms with Crippen LogP contribution in [0.5, 0.6) is 0 Å². The van der Waals surface area contributed by atoms with Gasteiger partial charge in [0.25, 0.3) is 0 Å². The van der Waals surface area contributed by atoms with Gasteiger partial charge in [-0.05, 0) is 12.1 Å². The Morgan fingerprint density at radius 1 is 1.44 bits per heavy atom. The summed E-state index contributed by atoms with van der Waals surface area (Å²) in [7, 11) is 0. The number of nitrogens with zero attached hydrogens (tertiary/aromatic N) is 2. The van der Waals surface area contributed by atoms with Crippen LogP contribution in [0.15, 0.2) is 43.6 Å². The average Bonchev–Trinajstić information content (AvgIpc) is 2.29. The van der Waals surface area contributed by atoms with Crippen LogP contribution in [0, 0.1) is 0 Å². The molecule has 0 amide bonds. The number of hydrogen-bond acceptors (Lipinski definition) is 3. The number of carboxylic acid groups (broad SMARTS) is 1. The SMILES string of the molecule is C=CCN(CC=C)c1ccnc(C(=O)O)c1. The fourth-order valence-corrected chi connectivity index (χ4v) is 1.33. The Hall–Kier alpha value is -2.10. The van der Waals surface area contributed by atoms with Gasteiger partial charge in [0, 0.05) is 25.0 Å². The lowest BCUT2D eigenvalue weighted by molar-refractivity contribution is 0.0690. The zero-order valence-corrected chi connectivity index (χ0v) is 8.97. The zero-order chi connectivity index (χ0) is 12.0. The summed E-state index contributed by atoms with van der Waals surface area (Å²) in [6.07, 6.45) is 4.99. The summed E-state index contributed by atoms with van der Waals surface area (Å²) in [4.78, 5) is 16.5. The molecule has 0 bridgehead atoms. The Morgan fingerprint density at radius 3 is 2.56 bits per heavy atom. The average molecular weight is 218 g/mol. The van der Waals surface area contributed by atoms with E-state index in [0.717, 1.165) is 5.69 Å². The molecular weight excluding hydrogens is 204 g/mol. The third-order valence-electron chi connectivity index (χ3n) is 2.03. The molecule has 4 heteroatoms. The molecule has 84 valence electrons. The van der Waals surface area contributed by atoms with Crippen molar-refractivity contribution in [2.24, 2.45) is 0 Å². The van der Waals surface area contributed by atoms with Gasteiger partial charge in [-0.2, -0.15) is 0 Å². The summed E-state index contributed by atoms with van der Waals surface area (Å²) in [5.41, 5.74) is 0.836. The van der Waals surface area contributed by atoms with Crippen molar-refractivity contribution in [2.75, 3.05) is 18.0 Å². The van der Waals surface area contributed by atoms with Gasteiger partial charge in [0.05, 0.1) is 0 Å². The minimum atomic E-state index is -1.03. The topological polar surface area (TPSA) is 53.4 Å². The van der Waals surface area contributed by atoms with E-state index in [1.807, 2.05) is 4.90 Å². The van der Waals surface area contributed by atoms with E-state index in [9.17, 15) is 4.79 Å². The van der Waals surface area contributed by atoms with Gasteiger partial charge in [0.2, 0.25) is 0 Å². The number of pyridine rings is 1. The predicted molar refractivity (Wildman–Crippen MR) is 63.8 cm³/mol. The normalized spacial score (nSPS) is 9.50. The summed E-state index contributed by atoms with van der Waals surface area (Å²) in [6.45, 7) is 8.58. The molecule has 0 saturated carbocycles. The Balaban J connectivity index is 2.98. The summed E-state index contributed by atoms with van der Waals surface area (Å²) >= 11 is 0. The van der Waals surface area contributed by atoms with E-state index in [1.165, 1.54) is 12.3 Å². The van der Waals surface area contributed by atoms with E-state index in [2.05, 4.69) is 18.1 Å². The Bertz CT molecular complexity index is 392. The smallest absolute Gasteiger partial charge is 0.354 e. The van der Waals surface area contributed by atoms with Gasteiger partial charge >= 0.3 is 5.97 Å². The second-order valence-corrected chi connectivity index (χ2v) is 3.19. The van der Waals surface area contributed by atoms with Gasteiger partial charge in [0.15, 0.2) is 0 Å². The van der Waals surface area contributed by atoms with Crippen LogP contribution in [0.25, 0.3) is 0 Å². The first-order valence-electron chi connectivity index (χ1n) is 4.85. The molecule has 0 spiro atoms. The molecule has 1 aromatic heterocycles. The van der Waals surface area contributed by atoms with E-state index in [1.54, 1.807) is 18.2 Å². The highest BCUT2D eigenvalue weighted by Gasteiger charge is 2.08. The molecule has 0 aliphatic rings. The Morgan fingerprint density at radius 2 is 2.06 bits per heavy atom. The maximum absolute atomic E-state index is 10.8. The summed E-state index contributed by atoms with van der Waals surface area (Å²) in [5.74, 6) is -1.03. The van der Waals surface area contributed by atoms with Crippen LogP contribution in [0.3, 0.4) is 0 Å². The highest BCUT2D eigenvalue weighted by molar-refractivity contribution is 5.86. The highest BCUT2D eigenvalue weighted by atomic mass is 16.4. The molecule has 0 aliphatic heterocycles. The number of anilines is 1. The largest absolute Gasteiger partial charge is 0.477 e. The highest BCUT2D eigenvalue weighted by Crippen LogP contribution is 2.14. The summed E-state index contributed by atoms with van der Waals surface area (Å²) in [5, 5.41) is 8.83. The number of aromatic nitrogens is 1. The molecule has 0 fully saturated rings. The van der Waals surface area contributed by atoms with E-state index in [-0.39, 0.29) is 5.69 Å². The summed E-state index contributed by atoms with van der Waals surface area (Å²) < 4.78 is 0. The molecule has 0 unspecified atom stereocenters. The lowest BCUT2D eigenvalue weighted by atomic mass is 10.2. The van der Waals surface area contributed by atoms with Crippen LogP contribution in [0.4, 0.5) is 5.69 Å². The van der Waals surface area contributed by atoms with E-state index >= 15 is 0 Å². The van der Waals surface area contributed by atoms with Crippen molar-refractivity contribution in [3.8, 4) is 0 Å². The molecule has 1 heterocycles. The van der Waals surface area contributed by atoms with Crippen molar-refractivity contribution in [3.05, 3.63) is 49.3 Å². The maximum Gasteiger partial charge on any atom is 0.354 e. The first kappa shape index (κ1) is 12.0. The van der Waals surface area contributed by atoms with Crippen LogP contribution >= 0.6 is 0 Å². The maximum atomic E-state index is 10.8. The van der Waals surface area contributed by atoms with Crippen LogP contribution in [-0.2, 0) is 0 Å². The number of carbonyl (C=O) groups is 1. The van der Waals surface area contributed by atoms with E-state index in [0.29, 0.717) is 13.1 Å². The molecule has 0 aromatic carbocycles. The van der Waals surface area contributed by atoms with Gasteiger partial charge in [-0.3, -0.25) is 0 Å². The third kappa shape index (κ3) is 2.95. The second kappa shape index (κ2) is 5.70. The monoisotopic (exact) mass is 218 g/mol. The molecule has 0 atom stereocenters. The Kier molecular flexibility index (Phi) is 4.27. The minimum absolute atomic E-state index is 0.0376. The minimum Gasteiger partial charge on any atom is -0.477 e. The van der Waals surface area contributed by atoms with Gasteiger partial charge in [-0.1, -0.05) is 12.2 Å². The number of hydrogen-bond donors (Lipinski definition) is 1. The van der Waals surface area contributed by atoms with Crippen molar-refractivity contribution >= 4 is 11.7 Å². The van der Waals surface area contributed by atoms with Gasteiger partial charge in [-0.15, -0.1) is 13.2 Å². The fourth-order valence-electron chi connectivity index (χ4n) is 1.33. The molecule has 0 radical (unpaired) electrons. The molecule has 0 saturated heterocycles. The van der Waals surface area contributed by atoms with Crippen molar-refractivity contribution in [2.45, 2.75) is 0 Å². The molecule has 4 nitrogen and oxygen atoms in total. The van der Waals surface area contributed by atoms with Gasteiger partial charge in [0.1, 0.15) is 5.69 Å². The standard InChI is InChI=1S/C12H14N2O2/c1-3-7-14(8-4-2)10-5-6-13-11(9-10)12(15)16/h3-6,9H,1-2,7-8H2,(H,15,16). The van der Waals surface area contributed by atoms with E-state index < -0.39 is 5.97 Å². The van der Waals surface area contributed by atoms with Gasteiger partial charge in [-0.25, -0.2) is 9.78 Å². The first-order valence-corrected chi connectivity index (χ1v) is 4.85. The molecule has 1 rings (SSSR count). The predicted octanol–water partition coefficient (Wildman–Crippen LogP) is 1.96. The van der Waals surface area contributed by atoms with Crippen LogP contribution in [0.1, 0.15) is 10.5 Å². The van der Waals surface area contributed by atoms with E-state index in [4.69, 9.17) is 5.11 Å². The summed E-state index contributed by atoms with van der Waals surface area (Å²) in [6, 6.07) is 3.30. The van der Waals surface area contributed by atoms with Crippen molar-refractivity contribution in [1.29, 1.82) is 0 Å². The lowest BCUT2D eigenvalue weighted by Crippen LogP contribution is -2.23. The molecule has 1 N–H and O–H groups in total. The van der Waals surface area contributed by atoms with Gasteiger partial charge < -0.3 is 10.0 Å². The fraction of sp³-hybridized carbons (Fsp3) is 0.167. The number of aromatic carboxylic acids is 1.